The SMILES string of the molecule is Cc1ccc(-c2nnc(SCC(=O)N3CCOCC3)n2N)cc1. The van der Waals surface area contributed by atoms with E-state index in [0.29, 0.717) is 43.0 Å². The number of benzene rings is 1. The summed E-state index contributed by atoms with van der Waals surface area (Å²) < 4.78 is 6.68. The third kappa shape index (κ3) is 3.65. The molecule has 1 aromatic heterocycles. The molecule has 3 rings (SSSR count). The summed E-state index contributed by atoms with van der Waals surface area (Å²) >= 11 is 1.30. The minimum Gasteiger partial charge on any atom is -0.378 e. The summed E-state index contributed by atoms with van der Waals surface area (Å²) in [5, 5.41) is 8.75. The fourth-order valence-electron chi connectivity index (χ4n) is 2.31. The van der Waals surface area contributed by atoms with Crippen molar-refractivity contribution in [3.63, 3.8) is 0 Å². The summed E-state index contributed by atoms with van der Waals surface area (Å²) in [5.41, 5.74) is 2.07. The van der Waals surface area contributed by atoms with Gasteiger partial charge in [-0.15, -0.1) is 10.2 Å². The summed E-state index contributed by atoms with van der Waals surface area (Å²) in [5.74, 6) is 7.02. The van der Waals surface area contributed by atoms with Crippen molar-refractivity contribution in [2.24, 2.45) is 0 Å². The van der Waals surface area contributed by atoms with Crippen molar-refractivity contribution in [1.29, 1.82) is 0 Å². The number of carbonyl (C=O) groups excluding carboxylic acids is 1. The van der Waals surface area contributed by atoms with Gasteiger partial charge in [0.15, 0.2) is 5.82 Å². The lowest BCUT2D eigenvalue weighted by Crippen LogP contribution is -2.41. The number of aromatic nitrogens is 3. The van der Waals surface area contributed by atoms with Crippen LogP contribution in [0.1, 0.15) is 5.56 Å². The van der Waals surface area contributed by atoms with E-state index >= 15 is 0 Å². The maximum atomic E-state index is 12.1. The molecular formula is C15H19N5O2S. The van der Waals surface area contributed by atoms with Crippen molar-refractivity contribution >= 4 is 17.7 Å². The lowest BCUT2D eigenvalue weighted by atomic mass is 10.1. The first-order valence-corrected chi connectivity index (χ1v) is 8.39. The van der Waals surface area contributed by atoms with E-state index in [4.69, 9.17) is 10.6 Å². The number of aryl methyl sites for hydroxylation is 1. The highest BCUT2D eigenvalue weighted by Crippen LogP contribution is 2.22. The van der Waals surface area contributed by atoms with Gasteiger partial charge in [-0.2, -0.15) is 0 Å². The van der Waals surface area contributed by atoms with E-state index < -0.39 is 0 Å². The maximum Gasteiger partial charge on any atom is 0.233 e. The number of carbonyl (C=O) groups is 1. The van der Waals surface area contributed by atoms with Crippen molar-refractivity contribution < 1.29 is 9.53 Å². The Morgan fingerprint density at radius 1 is 1.26 bits per heavy atom. The minimum absolute atomic E-state index is 0.0678. The third-order valence-electron chi connectivity index (χ3n) is 3.66. The Kier molecular flexibility index (Phi) is 4.82. The quantitative estimate of drug-likeness (QED) is 0.661. The molecule has 1 aromatic carbocycles. The van der Waals surface area contributed by atoms with Crippen LogP contribution < -0.4 is 5.84 Å². The van der Waals surface area contributed by atoms with Crippen LogP contribution in [0.15, 0.2) is 29.4 Å². The summed E-state index contributed by atoms with van der Waals surface area (Å²) in [6, 6.07) is 7.91. The minimum atomic E-state index is 0.0678. The molecule has 8 heteroatoms. The molecule has 1 amide bonds. The normalized spacial score (nSPS) is 14.9. The molecule has 1 fully saturated rings. The Labute approximate surface area is 138 Å². The van der Waals surface area contributed by atoms with Crippen LogP contribution in [-0.2, 0) is 9.53 Å². The molecule has 0 spiro atoms. The molecule has 0 aliphatic carbocycles. The van der Waals surface area contributed by atoms with Crippen molar-refractivity contribution in [3.05, 3.63) is 29.8 Å². The van der Waals surface area contributed by atoms with Gasteiger partial charge >= 0.3 is 0 Å². The van der Waals surface area contributed by atoms with Gasteiger partial charge in [0, 0.05) is 18.7 Å². The van der Waals surface area contributed by atoms with Gasteiger partial charge in [-0.25, -0.2) is 4.68 Å². The van der Waals surface area contributed by atoms with Crippen LogP contribution in [0.4, 0.5) is 0 Å². The molecule has 122 valence electrons. The molecule has 23 heavy (non-hydrogen) atoms. The van der Waals surface area contributed by atoms with E-state index in [1.165, 1.54) is 22.0 Å². The maximum absolute atomic E-state index is 12.1. The van der Waals surface area contributed by atoms with Crippen molar-refractivity contribution in [3.8, 4) is 11.4 Å². The second-order valence-electron chi connectivity index (χ2n) is 5.32. The summed E-state index contributed by atoms with van der Waals surface area (Å²) in [4.78, 5) is 13.9. The number of nitrogens with two attached hydrogens (primary N) is 1. The van der Waals surface area contributed by atoms with Gasteiger partial charge < -0.3 is 15.5 Å². The fourth-order valence-corrected chi connectivity index (χ4v) is 3.06. The largest absolute Gasteiger partial charge is 0.378 e. The molecule has 0 bridgehead atoms. The van der Waals surface area contributed by atoms with Crippen molar-refractivity contribution in [1.82, 2.24) is 19.8 Å². The van der Waals surface area contributed by atoms with Gasteiger partial charge in [0.2, 0.25) is 11.1 Å². The lowest BCUT2D eigenvalue weighted by Gasteiger charge is -2.26. The Hall–Kier alpha value is -2.06. The lowest BCUT2D eigenvalue weighted by molar-refractivity contribution is -0.132. The number of rotatable bonds is 4. The van der Waals surface area contributed by atoms with Crippen LogP contribution in [0.2, 0.25) is 0 Å². The standard InChI is InChI=1S/C15H19N5O2S/c1-11-2-4-12(5-3-11)14-17-18-15(20(14)16)23-10-13(21)19-6-8-22-9-7-19/h2-5H,6-10,16H2,1H3. The van der Waals surface area contributed by atoms with E-state index in [2.05, 4.69) is 10.2 Å². The summed E-state index contributed by atoms with van der Waals surface area (Å²) in [6.07, 6.45) is 0. The van der Waals surface area contributed by atoms with E-state index in [1.807, 2.05) is 31.2 Å². The van der Waals surface area contributed by atoms with Gasteiger partial charge in [0.25, 0.3) is 0 Å². The predicted molar refractivity (Wildman–Crippen MR) is 88.5 cm³/mol. The molecule has 0 radical (unpaired) electrons. The van der Waals surface area contributed by atoms with Crippen LogP contribution in [0.5, 0.6) is 0 Å². The molecule has 1 saturated heterocycles. The zero-order valence-corrected chi connectivity index (χ0v) is 13.8. The topological polar surface area (TPSA) is 86.3 Å². The van der Waals surface area contributed by atoms with Gasteiger partial charge in [-0.3, -0.25) is 4.79 Å². The van der Waals surface area contributed by atoms with Crippen LogP contribution in [-0.4, -0.2) is 57.7 Å². The van der Waals surface area contributed by atoms with Gasteiger partial charge in [-0.1, -0.05) is 41.6 Å². The Morgan fingerprint density at radius 2 is 1.96 bits per heavy atom. The Bertz CT molecular complexity index is 680. The number of thioether (sulfide) groups is 1. The average molecular weight is 333 g/mol. The van der Waals surface area contributed by atoms with E-state index in [9.17, 15) is 4.79 Å². The zero-order chi connectivity index (χ0) is 16.2. The number of amides is 1. The number of morpholine rings is 1. The second-order valence-corrected chi connectivity index (χ2v) is 6.27. The van der Waals surface area contributed by atoms with Crippen LogP contribution in [0.25, 0.3) is 11.4 Å². The molecule has 2 heterocycles. The van der Waals surface area contributed by atoms with E-state index in [-0.39, 0.29) is 5.91 Å². The van der Waals surface area contributed by atoms with Gasteiger partial charge in [0.05, 0.1) is 19.0 Å². The number of nitrogens with zero attached hydrogens (tertiary/aromatic N) is 4. The van der Waals surface area contributed by atoms with Crippen LogP contribution in [0, 0.1) is 6.92 Å². The highest BCUT2D eigenvalue weighted by atomic mass is 32.2. The molecule has 7 nitrogen and oxygen atoms in total. The highest BCUT2D eigenvalue weighted by Gasteiger charge is 2.19. The summed E-state index contributed by atoms with van der Waals surface area (Å²) in [6.45, 7) is 4.50. The fraction of sp³-hybridized carbons (Fsp3) is 0.400. The van der Waals surface area contributed by atoms with Crippen molar-refractivity contribution in [2.45, 2.75) is 12.1 Å². The van der Waals surface area contributed by atoms with Gasteiger partial charge in [-0.05, 0) is 6.92 Å². The summed E-state index contributed by atoms with van der Waals surface area (Å²) in [7, 11) is 0. The Balaban J connectivity index is 1.65. The number of hydrogen-bond acceptors (Lipinski definition) is 6. The number of ether oxygens (including phenoxy) is 1. The monoisotopic (exact) mass is 333 g/mol. The van der Waals surface area contributed by atoms with Gasteiger partial charge in [0.1, 0.15) is 0 Å². The van der Waals surface area contributed by atoms with Crippen molar-refractivity contribution in [2.75, 3.05) is 37.9 Å². The number of nitrogen functional groups attached to an aromatic ring is 1. The van der Waals surface area contributed by atoms with E-state index in [1.54, 1.807) is 4.90 Å². The average Bonchev–Trinajstić information content (AvgIpc) is 2.95. The van der Waals surface area contributed by atoms with E-state index in [0.717, 1.165) is 5.56 Å². The molecule has 0 atom stereocenters. The van der Waals surface area contributed by atoms with Crippen LogP contribution in [0.3, 0.4) is 0 Å². The molecule has 0 unspecified atom stereocenters. The van der Waals surface area contributed by atoms with Crippen LogP contribution >= 0.6 is 11.8 Å². The predicted octanol–water partition coefficient (Wildman–Crippen LogP) is 0.918. The molecule has 2 aromatic rings. The number of hydrogen-bond donors (Lipinski definition) is 1. The smallest absolute Gasteiger partial charge is 0.233 e. The molecule has 1 aliphatic heterocycles. The third-order valence-corrected chi connectivity index (χ3v) is 4.59. The highest BCUT2D eigenvalue weighted by molar-refractivity contribution is 7.99. The Morgan fingerprint density at radius 3 is 2.65 bits per heavy atom. The molecule has 1 aliphatic rings. The first-order chi connectivity index (χ1) is 11.1. The first kappa shape index (κ1) is 15.8. The first-order valence-electron chi connectivity index (χ1n) is 7.41. The molecule has 2 N–H and O–H groups in total. The molecule has 0 saturated carbocycles. The second kappa shape index (κ2) is 7.01. The zero-order valence-electron chi connectivity index (χ0n) is 12.9. The molecular weight excluding hydrogens is 314 g/mol.